The average molecular weight is 1220 g/mol. The molecule has 0 saturated carbocycles. The van der Waals surface area contributed by atoms with E-state index < -0.39 is 35.9 Å². The average Bonchev–Trinajstić information content (AvgIpc) is 4.40. The van der Waals surface area contributed by atoms with Crippen LogP contribution in [0.1, 0.15) is 82.0 Å². The smallest absolute Gasteiger partial charge is 0.416 e. The van der Waals surface area contributed by atoms with E-state index in [-0.39, 0.29) is 53.8 Å². The fourth-order valence-corrected chi connectivity index (χ4v) is 13.4. The van der Waals surface area contributed by atoms with Crippen LogP contribution >= 0.6 is 15.9 Å². The molecule has 6 heterocycles. The van der Waals surface area contributed by atoms with Crippen LogP contribution in [0.2, 0.25) is 0 Å². The molecule has 4 fully saturated rings. The Labute approximate surface area is 498 Å². The Morgan fingerprint density at radius 2 is 1.16 bits per heavy atom. The molecule has 6 aromatic carbocycles. The van der Waals surface area contributed by atoms with Crippen LogP contribution in [-0.2, 0) is 64.9 Å². The highest BCUT2D eigenvalue weighted by Gasteiger charge is 2.45. The van der Waals surface area contributed by atoms with Gasteiger partial charge < -0.3 is 35.8 Å². The van der Waals surface area contributed by atoms with Gasteiger partial charge in [0.15, 0.2) is 0 Å². The lowest BCUT2D eigenvalue weighted by Gasteiger charge is -2.27. The van der Waals surface area contributed by atoms with Crippen LogP contribution in [-0.4, -0.2) is 121 Å². The second kappa shape index (κ2) is 24.5. The number of likely N-dealkylation sites (tertiary alicyclic amines) is 2. The molecular weight excluding hydrogens is 1150 g/mol. The maximum Gasteiger partial charge on any atom is 0.416 e. The summed E-state index contributed by atoms with van der Waals surface area (Å²) in [6.45, 7) is 2.76. The molecule has 0 spiro atoms. The summed E-state index contributed by atoms with van der Waals surface area (Å²) >= 11 is 3.54. The van der Waals surface area contributed by atoms with Crippen LogP contribution in [0, 0.1) is 11.8 Å². The topological polar surface area (TPSA) is 194 Å². The number of nitrogens with one attached hydrogen (secondary N) is 4. The van der Waals surface area contributed by atoms with E-state index in [0.29, 0.717) is 76.9 Å². The first-order valence-electron chi connectivity index (χ1n) is 29.0. The van der Waals surface area contributed by atoms with Crippen LogP contribution in [0.3, 0.4) is 0 Å². The van der Waals surface area contributed by atoms with Gasteiger partial charge in [0.05, 0.1) is 42.3 Å². The van der Waals surface area contributed by atoms with E-state index in [1.54, 1.807) is 21.6 Å². The molecule has 8 aromatic rings. The van der Waals surface area contributed by atoms with Gasteiger partial charge in [-0.3, -0.25) is 19.2 Å². The van der Waals surface area contributed by atoms with E-state index in [9.17, 15) is 32.3 Å². The largest absolute Gasteiger partial charge is 0.497 e. The standard InChI is InChI=1S/C64H66BrF3N12O5/c1-77-56-21-11-40(25-52(56)73-75-77)31-71-61(82)59-27-42(23-38-7-17-49(65)18-8-38)35-79(59)63(84)55-30-47(34-70-55)51-6-4-3-5-45(51)37-80-57-22-12-41(26-53(57)74-76-80)32-72-60(81)58-28-43(24-39-9-19-50(85-2)20-10-39)36-78(58)62(83)54-29-46(33-69-54)44-13-15-48(16-14-44)64(66,67)68/h3-22,25-26,42-43,46-47,54-55,58-59,69-70H,23-24,27-37H2,1-2H3,(H,71,82)(H,72,81). The molecule has 0 aliphatic carbocycles. The highest BCUT2D eigenvalue weighted by Crippen LogP contribution is 2.37. The number of carbonyl (C=O) groups is 4. The molecule has 21 heteroatoms. The van der Waals surface area contributed by atoms with Crippen LogP contribution in [0.15, 0.2) is 138 Å². The monoisotopic (exact) mass is 1220 g/mol. The molecule has 0 bridgehead atoms. The predicted molar refractivity (Wildman–Crippen MR) is 317 cm³/mol. The number of halogens is 4. The molecule has 0 radical (unpaired) electrons. The number of rotatable bonds is 17. The van der Waals surface area contributed by atoms with E-state index in [1.807, 2.05) is 96.7 Å². The zero-order valence-electron chi connectivity index (χ0n) is 47.1. The third kappa shape index (κ3) is 12.7. The van der Waals surface area contributed by atoms with Gasteiger partial charge in [-0.2, -0.15) is 13.2 Å². The van der Waals surface area contributed by atoms with Crippen molar-refractivity contribution in [2.24, 2.45) is 18.9 Å². The molecule has 4 N–H and O–H groups in total. The van der Waals surface area contributed by atoms with E-state index in [0.717, 1.165) is 84.3 Å². The van der Waals surface area contributed by atoms with Crippen molar-refractivity contribution in [1.82, 2.24) is 61.1 Å². The number of carbonyl (C=O) groups excluding carboxylic acids is 4. The Kier molecular flexibility index (Phi) is 16.6. The summed E-state index contributed by atoms with van der Waals surface area (Å²) in [4.78, 5) is 61.0. The van der Waals surface area contributed by atoms with Crippen molar-refractivity contribution in [2.75, 3.05) is 33.3 Å². The highest BCUT2D eigenvalue weighted by molar-refractivity contribution is 9.10. The summed E-state index contributed by atoms with van der Waals surface area (Å²) in [6.07, 6.45) is -1.09. The first-order valence-corrected chi connectivity index (χ1v) is 29.8. The fourth-order valence-electron chi connectivity index (χ4n) is 13.2. The first-order chi connectivity index (χ1) is 41.1. The number of methoxy groups -OCH3 is 1. The Balaban J connectivity index is 0.690. The van der Waals surface area contributed by atoms with Gasteiger partial charge in [0.2, 0.25) is 23.6 Å². The minimum atomic E-state index is -4.44. The molecule has 4 aliphatic rings. The normalized spacial score (nSPS) is 22.4. The third-order valence-electron chi connectivity index (χ3n) is 17.6. The molecule has 8 unspecified atom stereocenters. The molecule has 4 amide bonds. The molecule has 4 saturated heterocycles. The lowest BCUT2D eigenvalue weighted by atomic mass is 9.91. The van der Waals surface area contributed by atoms with Gasteiger partial charge in [-0.05, 0) is 162 Å². The van der Waals surface area contributed by atoms with Crippen molar-refractivity contribution >= 4 is 61.6 Å². The fraction of sp³-hybridized carbons (Fsp3) is 0.375. The SMILES string of the molecule is COc1ccc(CC2CC(C(=O)NCc3ccc4c(c3)nnn4Cc3ccccc3C3CNC(C(=O)N4CC(Cc5ccc(Br)cc5)CC4C(=O)NCc4ccc5c(c4)nnn5C)C3)N(C(=O)C3CC(c4ccc(C(F)(F)F)cc4)CN3)C2)cc1. The van der Waals surface area contributed by atoms with Gasteiger partial charge in [0, 0.05) is 50.8 Å². The van der Waals surface area contributed by atoms with E-state index in [1.165, 1.54) is 12.1 Å². The number of alkyl halides is 3. The van der Waals surface area contributed by atoms with Crippen LogP contribution < -0.4 is 26.0 Å². The molecule has 4 aliphatic heterocycles. The highest BCUT2D eigenvalue weighted by atomic mass is 79.9. The first kappa shape index (κ1) is 57.4. The van der Waals surface area contributed by atoms with Crippen molar-refractivity contribution in [3.63, 3.8) is 0 Å². The number of amides is 4. The second-order valence-electron chi connectivity index (χ2n) is 23.2. The Morgan fingerprint density at radius 1 is 0.635 bits per heavy atom. The van der Waals surface area contributed by atoms with Gasteiger partial charge >= 0.3 is 6.18 Å². The molecule has 12 rings (SSSR count). The minimum Gasteiger partial charge on any atom is -0.497 e. The quantitative estimate of drug-likeness (QED) is 0.0691. The van der Waals surface area contributed by atoms with Crippen molar-refractivity contribution in [2.45, 2.75) is 100 Å². The molecule has 2 aromatic heterocycles. The van der Waals surface area contributed by atoms with Crippen molar-refractivity contribution in [3.05, 3.63) is 182 Å². The summed E-state index contributed by atoms with van der Waals surface area (Å²) < 4.78 is 49.9. The maximum atomic E-state index is 14.7. The number of hydrogen-bond donors (Lipinski definition) is 4. The van der Waals surface area contributed by atoms with E-state index in [2.05, 4.69) is 82.1 Å². The summed E-state index contributed by atoms with van der Waals surface area (Å²) in [5, 5.41) is 30.6. The molecule has 17 nitrogen and oxygen atoms in total. The number of aromatic nitrogens is 6. The maximum absolute atomic E-state index is 14.7. The third-order valence-corrected chi connectivity index (χ3v) is 18.2. The number of benzene rings is 6. The number of ether oxygens (including phenoxy) is 1. The zero-order valence-corrected chi connectivity index (χ0v) is 48.7. The summed E-state index contributed by atoms with van der Waals surface area (Å²) in [5.74, 6) is -0.0486. The van der Waals surface area contributed by atoms with Gasteiger partial charge in [0.25, 0.3) is 0 Å². The number of hydrogen-bond acceptors (Lipinski definition) is 11. The van der Waals surface area contributed by atoms with Gasteiger partial charge in [0.1, 0.15) is 28.9 Å². The van der Waals surface area contributed by atoms with Gasteiger partial charge in [-0.1, -0.05) is 99.2 Å². The van der Waals surface area contributed by atoms with Crippen molar-refractivity contribution < 1.29 is 37.1 Å². The van der Waals surface area contributed by atoms with Crippen LogP contribution in [0.25, 0.3) is 22.1 Å². The summed E-state index contributed by atoms with van der Waals surface area (Å²) in [7, 11) is 3.45. The Bertz CT molecular complexity index is 3750. The van der Waals surface area contributed by atoms with Crippen LogP contribution in [0.5, 0.6) is 5.75 Å². The predicted octanol–water partition coefficient (Wildman–Crippen LogP) is 7.99. The number of fused-ring (bicyclic) bond motifs is 2. The summed E-state index contributed by atoms with van der Waals surface area (Å²) in [5.41, 5.74) is 9.16. The van der Waals surface area contributed by atoms with Crippen molar-refractivity contribution in [1.29, 1.82) is 0 Å². The van der Waals surface area contributed by atoms with Crippen LogP contribution in [0.4, 0.5) is 13.2 Å². The molecule has 85 heavy (non-hydrogen) atoms. The van der Waals surface area contributed by atoms with Crippen molar-refractivity contribution in [3.8, 4) is 5.75 Å². The Hall–Kier alpha value is -8.01. The lowest BCUT2D eigenvalue weighted by Crippen LogP contribution is -2.51. The Morgan fingerprint density at radius 3 is 1.76 bits per heavy atom. The second-order valence-corrected chi connectivity index (χ2v) is 24.2. The minimum absolute atomic E-state index is 0.0000804. The summed E-state index contributed by atoms with van der Waals surface area (Å²) in [6, 6.07) is 38.5. The molecular formula is C64H66BrF3N12O5. The zero-order chi connectivity index (χ0) is 58.9. The van der Waals surface area contributed by atoms with E-state index >= 15 is 0 Å². The molecule has 440 valence electrons. The van der Waals surface area contributed by atoms with Gasteiger partial charge in [-0.15, -0.1) is 10.2 Å². The number of nitrogens with zero attached hydrogens (tertiary/aromatic N) is 8. The van der Waals surface area contributed by atoms with E-state index in [4.69, 9.17) is 4.74 Å². The number of aryl methyl sites for hydroxylation is 1. The lowest BCUT2D eigenvalue weighted by molar-refractivity contribution is -0.139. The van der Waals surface area contributed by atoms with Gasteiger partial charge in [-0.25, -0.2) is 9.36 Å². The molecule has 8 atom stereocenters.